The Bertz CT molecular complexity index is 1870. The molecule has 0 aliphatic rings. The van der Waals surface area contributed by atoms with Gasteiger partial charge >= 0.3 is 0 Å². The van der Waals surface area contributed by atoms with Crippen LogP contribution in [-0.2, 0) is 21.9 Å². The average Bonchev–Trinajstić information content (AvgIpc) is 3.34. The number of aromatic nitrogens is 3. The van der Waals surface area contributed by atoms with Gasteiger partial charge in [0.1, 0.15) is 5.75 Å². The molecule has 238 valence electrons. The Morgan fingerprint density at radius 1 is 1.09 bits per heavy atom. The molecule has 0 saturated carbocycles. The maximum absolute atomic E-state index is 13.4. The smallest absolute Gasteiger partial charge is 0.270 e. The van der Waals surface area contributed by atoms with E-state index in [1.165, 1.54) is 26.4 Å². The zero-order valence-electron chi connectivity index (χ0n) is 26.5. The Hall–Kier alpha value is -4.95. The number of sulfonamides is 1. The van der Waals surface area contributed by atoms with Crippen molar-refractivity contribution in [2.75, 3.05) is 70.2 Å². The van der Waals surface area contributed by atoms with Crippen LogP contribution in [0.25, 0.3) is 22.2 Å². The molecule has 13 nitrogen and oxygen atoms in total. The minimum absolute atomic E-state index is 0.00796. The highest BCUT2D eigenvalue weighted by atomic mass is 32.2. The maximum atomic E-state index is 13.4. The van der Waals surface area contributed by atoms with Gasteiger partial charge in [0, 0.05) is 69.2 Å². The van der Waals surface area contributed by atoms with E-state index in [4.69, 9.17) is 9.72 Å². The predicted molar refractivity (Wildman–Crippen MR) is 178 cm³/mol. The molecule has 0 fully saturated rings. The fourth-order valence-corrected chi connectivity index (χ4v) is 5.08. The first-order valence-electron chi connectivity index (χ1n) is 13.9. The number of methoxy groups -OCH3 is 1. The lowest BCUT2D eigenvalue weighted by Crippen LogP contribution is -2.32. The van der Waals surface area contributed by atoms with Crippen molar-refractivity contribution in [3.8, 4) is 17.0 Å². The van der Waals surface area contributed by atoms with Crippen molar-refractivity contribution < 1.29 is 22.7 Å². The van der Waals surface area contributed by atoms with Crippen LogP contribution >= 0.6 is 0 Å². The third-order valence-corrected chi connectivity index (χ3v) is 8.42. The van der Waals surface area contributed by atoms with Crippen LogP contribution in [-0.4, -0.2) is 98.6 Å². The van der Waals surface area contributed by atoms with Gasteiger partial charge in [0.05, 0.1) is 41.7 Å². The number of nitrogens with zero attached hydrogens (tertiary/aromatic N) is 6. The number of anilines is 4. The molecule has 2 heterocycles. The summed E-state index contributed by atoms with van der Waals surface area (Å²) in [5.74, 6) is -0.597. The lowest BCUT2D eigenvalue weighted by Gasteiger charge is -2.26. The van der Waals surface area contributed by atoms with E-state index in [0.717, 1.165) is 29.4 Å². The maximum Gasteiger partial charge on any atom is 0.270 e. The lowest BCUT2D eigenvalue weighted by molar-refractivity contribution is -0.111. The van der Waals surface area contributed by atoms with Crippen molar-refractivity contribution in [2.24, 2.45) is 7.05 Å². The van der Waals surface area contributed by atoms with Gasteiger partial charge in [-0.1, -0.05) is 24.8 Å². The number of hydrogen-bond acceptors (Lipinski definition) is 10. The van der Waals surface area contributed by atoms with Gasteiger partial charge < -0.3 is 29.7 Å². The molecular weight excluding hydrogens is 596 g/mol. The monoisotopic (exact) mass is 634 g/mol. The number of para-hydroxylation sites is 1. The SMILES string of the molecule is C=CC(=O)Nc1cc(Nc2ncc(C(=O)N(C)S(C)(=O)=O)c(-c3cn(C)c4ccccc34)n2)c(OC)cc1N(C)CCN(C)C. The molecule has 14 heteroatoms. The minimum atomic E-state index is -3.85. The molecule has 4 aromatic rings. The fraction of sp³-hybridized carbons (Fsp3) is 0.290. The van der Waals surface area contributed by atoms with Crippen molar-refractivity contribution in [1.82, 2.24) is 23.7 Å². The summed E-state index contributed by atoms with van der Waals surface area (Å²) < 4.78 is 32.8. The van der Waals surface area contributed by atoms with E-state index in [0.29, 0.717) is 33.5 Å². The van der Waals surface area contributed by atoms with Crippen LogP contribution in [0, 0.1) is 0 Å². The molecule has 2 amide bonds. The number of fused-ring (bicyclic) bond motifs is 1. The highest BCUT2D eigenvalue weighted by Crippen LogP contribution is 2.39. The Labute approximate surface area is 263 Å². The molecule has 45 heavy (non-hydrogen) atoms. The molecule has 0 spiro atoms. The topological polar surface area (TPSA) is 142 Å². The Morgan fingerprint density at radius 3 is 2.44 bits per heavy atom. The van der Waals surface area contributed by atoms with E-state index in [2.05, 4.69) is 27.1 Å². The van der Waals surface area contributed by atoms with Crippen molar-refractivity contribution in [2.45, 2.75) is 0 Å². The molecule has 4 rings (SSSR count). The van der Waals surface area contributed by atoms with Crippen LogP contribution in [0.1, 0.15) is 10.4 Å². The van der Waals surface area contributed by atoms with E-state index in [-0.39, 0.29) is 23.1 Å². The molecule has 0 radical (unpaired) electrons. The van der Waals surface area contributed by atoms with Crippen molar-refractivity contribution in [3.63, 3.8) is 0 Å². The third-order valence-electron chi connectivity index (χ3n) is 7.26. The average molecular weight is 635 g/mol. The van der Waals surface area contributed by atoms with Gasteiger partial charge in [-0.25, -0.2) is 22.7 Å². The van der Waals surface area contributed by atoms with Gasteiger partial charge in [-0.2, -0.15) is 0 Å². The fourth-order valence-electron chi connectivity index (χ4n) is 4.68. The zero-order valence-corrected chi connectivity index (χ0v) is 27.3. The molecule has 0 atom stereocenters. The van der Waals surface area contributed by atoms with Crippen LogP contribution in [0.15, 0.2) is 61.4 Å². The number of benzene rings is 2. The first-order chi connectivity index (χ1) is 21.2. The van der Waals surface area contributed by atoms with Gasteiger partial charge in [-0.05, 0) is 32.3 Å². The second-order valence-corrected chi connectivity index (χ2v) is 12.8. The summed E-state index contributed by atoms with van der Waals surface area (Å²) in [5, 5.41) is 6.84. The van der Waals surface area contributed by atoms with Crippen LogP contribution in [0.5, 0.6) is 5.75 Å². The van der Waals surface area contributed by atoms with Crippen LogP contribution in [0.3, 0.4) is 0 Å². The van der Waals surface area contributed by atoms with Gasteiger partial charge in [-0.15, -0.1) is 0 Å². The highest BCUT2D eigenvalue weighted by molar-refractivity contribution is 7.88. The van der Waals surface area contributed by atoms with E-state index >= 15 is 0 Å². The summed E-state index contributed by atoms with van der Waals surface area (Å²) in [4.78, 5) is 39.0. The first kappa shape index (κ1) is 33.0. The van der Waals surface area contributed by atoms with Crippen molar-refractivity contribution in [3.05, 3.63) is 67.0 Å². The second-order valence-electron chi connectivity index (χ2n) is 10.8. The number of ether oxygens (including phenoxy) is 1. The van der Waals surface area contributed by atoms with Gasteiger partial charge in [0.2, 0.25) is 21.9 Å². The number of carbonyl (C=O) groups excluding carboxylic acids is 2. The minimum Gasteiger partial charge on any atom is -0.494 e. The highest BCUT2D eigenvalue weighted by Gasteiger charge is 2.27. The molecule has 2 aromatic heterocycles. The normalized spacial score (nSPS) is 11.4. The second kappa shape index (κ2) is 13.4. The number of likely N-dealkylation sites (N-methyl/N-ethyl adjacent to an activating group) is 2. The summed E-state index contributed by atoms with van der Waals surface area (Å²) in [7, 11) is 6.61. The summed E-state index contributed by atoms with van der Waals surface area (Å²) >= 11 is 0. The number of amides is 2. The molecule has 0 bridgehead atoms. The summed E-state index contributed by atoms with van der Waals surface area (Å²) in [6.07, 6.45) is 5.27. The van der Waals surface area contributed by atoms with Crippen LogP contribution < -0.4 is 20.3 Å². The van der Waals surface area contributed by atoms with Crippen LogP contribution in [0.4, 0.5) is 23.0 Å². The number of carbonyl (C=O) groups is 2. The lowest BCUT2D eigenvalue weighted by atomic mass is 10.1. The largest absolute Gasteiger partial charge is 0.494 e. The quantitative estimate of drug-likeness (QED) is 0.222. The Morgan fingerprint density at radius 2 is 1.80 bits per heavy atom. The summed E-state index contributed by atoms with van der Waals surface area (Å²) in [6, 6.07) is 11.1. The molecule has 0 saturated heterocycles. The van der Waals surface area contributed by atoms with Gasteiger partial charge in [-0.3, -0.25) is 9.59 Å². The number of nitrogens with one attached hydrogen (secondary N) is 2. The number of aryl methyl sites for hydroxylation is 1. The predicted octanol–water partition coefficient (Wildman–Crippen LogP) is 3.54. The number of hydrogen-bond donors (Lipinski definition) is 2. The summed E-state index contributed by atoms with van der Waals surface area (Å²) in [5.41, 5.74) is 3.42. The molecule has 0 unspecified atom stereocenters. The van der Waals surface area contributed by atoms with E-state index in [1.54, 1.807) is 12.1 Å². The third kappa shape index (κ3) is 7.24. The Kier molecular flexibility index (Phi) is 9.78. The molecular formula is C31H38N8O5S. The molecule has 2 N–H and O–H groups in total. The number of rotatable bonds is 12. The van der Waals surface area contributed by atoms with Crippen molar-refractivity contribution in [1.29, 1.82) is 0 Å². The Balaban J connectivity index is 1.86. The van der Waals surface area contributed by atoms with Gasteiger partial charge in [0.15, 0.2) is 0 Å². The van der Waals surface area contributed by atoms with E-state index in [1.807, 2.05) is 68.1 Å². The standard InChI is InChI=1S/C31H38N8O5S/c1-9-28(40)33-23-16-24(27(44-7)17-26(23)37(4)15-14-36(2)3)34-31-32-18-21(30(41)39(6)45(8,42)43)29(35-31)22-19-38(5)25-13-11-10-12-20(22)25/h9-13,16-19H,1,14-15H2,2-8H3,(H,33,40)(H,32,34,35). The zero-order chi connectivity index (χ0) is 33.1. The molecule has 0 aliphatic carbocycles. The first-order valence-corrected chi connectivity index (χ1v) is 15.8. The van der Waals surface area contributed by atoms with Crippen LogP contribution in [0.2, 0.25) is 0 Å². The van der Waals surface area contributed by atoms with Gasteiger partial charge in [0.25, 0.3) is 5.91 Å². The molecule has 0 aliphatic heterocycles. The summed E-state index contributed by atoms with van der Waals surface area (Å²) in [6.45, 7) is 5.01. The van der Waals surface area contributed by atoms with E-state index < -0.39 is 15.9 Å². The van der Waals surface area contributed by atoms with Crippen molar-refractivity contribution >= 4 is 55.8 Å². The van der Waals surface area contributed by atoms with E-state index in [9.17, 15) is 18.0 Å². The molecule has 2 aromatic carbocycles.